The van der Waals surface area contributed by atoms with Crippen molar-refractivity contribution in [2.45, 2.75) is 31.8 Å². The number of hydrogen-bond acceptors (Lipinski definition) is 7. The standard InChI is InChI=1S/C18H17N5OS/c19-11-13-4-3-5-14(10-13)18-21-17(22-24-18)15-6-1-2-8-23(15)12-16-20-7-9-25-16/h3-5,7,9-10,15H,1-2,6,8,12H2. The fraction of sp³-hybridized carbons (Fsp3) is 0.333. The first-order chi connectivity index (χ1) is 12.3. The van der Waals surface area contributed by atoms with Crippen molar-refractivity contribution in [2.24, 2.45) is 0 Å². The third-order valence-electron chi connectivity index (χ3n) is 4.41. The quantitative estimate of drug-likeness (QED) is 0.711. The van der Waals surface area contributed by atoms with Crippen molar-refractivity contribution in [1.29, 1.82) is 5.26 Å². The fourth-order valence-electron chi connectivity index (χ4n) is 3.19. The van der Waals surface area contributed by atoms with Gasteiger partial charge in [-0.05, 0) is 37.6 Å². The number of benzene rings is 1. The van der Waals surface area contributed by atoms with Crippen molar-refractivity contribution in [3.63, 3.8) is 0 Å². The van der Waals surface area contributed by atoms with E-state index in [1.807, 2.05) is 23.7 Å². The molecule has 0 saturated carbocycles. The van der Waals surface area contributed by atoms with E-state index in [0.717, 1.165) is 36.5 Å². The predicted molar refractivity (Wildman–Crippen MR) is 93.6 cm³/mol. The molecule has 0 N–H and O–H groups in total. The Labute approximate surface area is 149 Å². The largest absolute Gasteiger partial charge is 0.334 e. The minimum absolute atomic E-state index is 0.147. The van der Waals surface area contributed by atoms with Crippen LogP contribution in [0.3, 0.4) is 0 Å². The molecule has 3 heterocycles. The van der Waals surface area contributed by atoms with Crippen molar-refractivity contribution >= 4 is 11.3 Å². The van der Waals surface area contributed by atoms with Gasteiger partial charge in [-0.1, -0.05) is 17.6 Å². The number of rotatable bonds is 4. The molecule has 3 aromatic rings. The third kappa shape index (κ3) is 3.45. The van der Waals surface area contributed by atoms with Gasteiger partial charge in [0.1, 0.15) is 5.01 Å². The summed E-state index contributed by atoms with van der Waals surface area (Å²) >= 11 is 1.67. The Balaban J connectivity index is 1.58. The predicted octanol–water partition coefficient (Wildman–Crippen LogP) is 3.79. The Bertz CT molecular complexity index is 883. The molecule has 0 spiro atoms. The third-order valence-corrected chi connectivity index (χ3v) is 5.18. The molecular weight excluding hydrogens is 334 g/mol. The molecule has 1 aliphatic heterocycles. The number of likely N-dealkylation sites (tertiary alicyclic amines) is 1. The van der Waals surface area contributed by atoms with Gasteiger partial charge in [-0.15, -0.1) is 11.3 Å². The van der Waals surface area contributed by atoms with Crippen LogP contribution in [0.5, 0.6) is 0 Å². The van der Waals surface area contributed by atoms with Gasteiger partial charge in [-0.2, -0.15) is 10.2 Å². The minimum atomic E-state index is 0.147. The molecule has 25 heavy (non-hydrogen) atoms. The number of nitriles is 1. The average molecular weight is 351 g/mol. The highest BCUT2D eigenvalue weighted by atomic mass is 32.1. The Hall–Kier alpha value is -2.56. The van der Waals surface area contributed by atoms with Crippen LogP contribution in [-0.2, 0) is 6.54 Å². The van der Waals surface area contributed by atoms with Crippen LogP contribution < -0.4 is 0 Å². The molecular formula is C18H17N5OS. The Kier molecular flexibility index (Phi) is 4.55. The molecule has 1 aromatic carbocycles. The zero-order chi connectivity index (χ0) is 17.1. The number of nitrogens with zero attached hydrogens (tertiary/aromatic N) is 5. The van der Waals surface area contributed by atoms with Gasteiger partial charge >= 0.3 is 0 Å². The Morgan fingerprint density at radius 1 is 1.36 bits per heavy atom. The number of aromatic nitrogens is 3. The van der Waals surface area contributed by atoms with Crippen molar-refractivity contribution in [1.82, 2.24) is 20.0 Å². The van der Waals surface area contributed by atoms with Crippen LogP contribution in [0.2, 0.25) is 0 Å². The second kappa shape index (κ2) is 7.13. The van der Waals surface area contributed by atoms with Gasteiger partial charge in [0.15, 0.2) is 5.82 Å². The molecule has 7 heteroatoms. The van der Waals surface area contributed by atoms with E-state index < -0.39 is 0 Å². The zero-order valence-electron chi connectivity index (χ0n) is 13.6. The summed E-state index contributed by atoms with van der Waals surface area (Å²) in [4.78, 5) is 11.4. The van der Waals surface area contributed by atoms with Crippen molar-refractivity contribution in [3.8, 4) is 17.5 Å². The molecule has 0 amide bonds. The van der Waals surface area contributed by atoms with Crippen LogP contribution in [0.25, 0.3) is 11.5 Å². The van der Waals surface area contributed by atoms with Crippen molar-refractivity contribution < 1.29 is 4.52 Å². The number of piperidine rings is 1. The van der Waals surface area contributed by atoms with E-state index in [9.17, 15) is 0 Å². The first-order valence-corrected chi connectivity index (χ1v) is 9.18. The summed E-state index contributed by atoms with van der Waals surface area (Å²) in [5, 5.41) is 16.4. The van der Waals surface area contributed by atoms with Crippen LogP contribution in [-0.4, -0.2) is 26.6 Å². The van der Waals surface area contributed by atoms with E-state index in [4.69, 9.17) is 9.78 Å². The zero-order valence-corrected chi connectivity index (χ0v) is 14.4. The van der Waals surface area contributed by atoms with Crippen molar-refractivity contribution in [3.05, 3.63) is 52.2 Å². The second-order valence-corrected chi connectivity index (χ2v) is 7.04. The molecule has 1 atom stereocenters. The van der Waals surface area contributed by atoms with Gasteiger partial charge in [0.2, 0.25) is 0 Å². The first-order valence-electron chi connectivity index (χ1n) is 8.30. The highest BCUT2D eigenvalue weighted by molar-refractivity contribution is 7.09. The molecule has 1 fully saturated rings. The lowest BCUT2D eigenvalue weighted by Gasteiger charge is -2.32. The summed E-state index contributed by atoms with van der Waals surface area (Å²) in [6.07, 6.45) is 5.19. The Morgan fingerprint density at radius 3 is 3.16 bits per heavy atom. The van der Waals surface area contributed by atoms with E-state index in [0.29, 0.717) is 17.3 Å². The SMILES string of the molecule is N#Cc1cccc(-c2nc(C3CCCCN3Cc3nccs3)no2)c1. The fourth-order valence-corrected chi connectivity index (χ4v) is 3.83. The highest BCUT2D eigenvalue weighted by Crippen LogP contribution is 2.32. The molecule has 0 radical (unpaired) electrons. The summed E-state index contributed by atoms with van der Waals surface area (Å²) in [6, 6.07) is 9.52. The molecule has 1 unspecified atom stereocenters. The van der Waals surface area contributed by atoms with Gasteiger partial charge < -0.3 is 4.52 Å². The molecule has 1 saturated heterocycles. The lowest BCUT2D eigenvalue weighted by atomic mass is 10.0. The van der Waals surface area contributed by atoms with Crippen LogP contribution in [0, 0.1) is 11.3 Å². The maximum atomic E-state index is 9.05. The van der Waals surface area contributed by atoms with Gasteiger partial charge in [0.05, 0.1) is 24.2 Å². The topological polar surface area (TPSA) is 78.8 Å². The summed E-state index contributed by atoms with van der Waals surface area (Å²) in [7, 11) is 0. The summed E-state index contributed by atoms with van der Waals surface area (Å²) < 4.78 is 5.48. The Morgan fingerprint density at radius 2 is 2.32 bits per heavy atom. The van der Waals surface area contributed by atoms with Gasteiger partial charge in [0.25, 0.3) is 5.89 Å². The molecule has 4 rings (SSSR count). The van der Waals surface area contributed by atoms with Gasteiger partial charge in [-0.25, -0.2) is 4.98 Å². The highest BCUT2D eigenvalue weighted by Gasteiger charge is 2.28. The summed E-state index contributed by atoms with van der Waals surface area (Å²) in [5.41, 5.74) is 1.36. The summed E-state index contributed by atoms with van der Waals surface area (Å²) in [6.45, 7) is 1.83. The monoisotopic (exact) mass is 351 g/mol. The van der Waals surface area contributed by atoms with E-state index in [1.54, 1.807) is 23.5 Å². The lowest BCUT2D eigenvalue weighted by Crippen LogP contribution is -2.33. The van der Waals surface area contributed by atoms with Crippen LogP contribution in [0.1, 0.15) is 41.7 Å². The van der Waals surface area contributed by atoms with Gasteiger partial charge in [-0.3, -0.25) is 4.90 Å². The van der Waals surface area contributed by atoms with Crippen molar-refractivity contribution in [2.75, 3.05) is 6.54 Å². The van der Waals surface area contributed by atoms with Crippen LogP contribution >= 0.6 is 11.3 Å². The van der Waals surface area contributed by atoms with E-state index >= 15 is 0 Å². The van der Waals surface area contributed by atoms with E-state index in [-0.39, 0.29) is 6.04 Å². The van der Waals surface area contributed by atoms with Gasteiger partial charge in [0, 0.05) is 17.1 Å². The molecule has 6 nitrogen and oxygen atoms in total. The normalized spacial score (nSPS) is 18.1. The maximum absolute atomic E-state index is 9.05. The van der Waals surface area contributed by atoms with Crippen LogP contribution in [0.15, 0.2) is 40.4 Å². The smallest absolute Gasteiger partial charge is 0.258 e. The van der Waals surface area contributed by atoms with E-state index in [1.165, 1.54) is 6.42 Å². The molecule has 126 valence electrons. The minimum Gasteiger partial charge on any atom is -0.334 e. The number of thiazole rings is 1. The van der Waals surface area contributed by atoms with Crippen LogP contribution in [0.4, 0.5) is 0 Å². The summed E-state index contributed by atoms with van der Waals surface area (Å²) in [5.74, 6) is 1.18. The van der Waals surface area contributed by atoms with E-state index in [2.05, 4.69) is 26.1 Å². The molecule has 1 aliphatic rings. The number of hydrogen-bond donors (Lipinski definition) is 0. The second-order valence-electron chi connectivity index (χ2n) is 6.06. The molecule has 2 aromatic heterocycles. The molecule has 0 aliphatic carbocycles. The maximum Gasteiger partial charge on any atom is 0.258 e. The average Bonchev–Trinajstić information content (AvgIpc) is 3.34. The lowest BCUT2D eigenvalue weighted by molar-refractivity contribution is 0.131. The molecule has 0 bridgehead atoms. The first kappa shape index (κ1) is 15.9.